The van der Waals surface area contributed by atoms with E-state index >= 15 is 0 Å². The zero-order valence-electron chi connectivity index (χ0n) is 10.0. The smallest absolute Gasteiger partial charge is 0.212 e. The van der Waals surface area contributed by atoms with Crippen molar-refractivity contribution < 1.29 is 8.42 Å². The second-order valence-electron chi connectivity index (χ2n) is 3.98. The van der Waals surface area contributed by atoms with Crippen molar-refractivity contribution in [3.8, 4) is 0 Å². The summed E-state index contributed by atoms with van der Waals surface area (Å²) in [5, 5.41) is 0. The first-order valence-corrected chi connectivity index (χ1v) is 8.02. The normalized spacial score (nSPS) is 11.9. The summed E-state index contributed by atoms with van der Waals surface area (Å²) in [5.74, 6) is 0.598. The van der Waals surface area contributed by atoms with E-state index < -0.39 is 10.0 Å². The molecule has 3 N–H and O–H groups in total. The molecule has 0 amide bonds. The number of rotatable bonds is 6. The fourth-order valence-corrected chi connectivity index (χ4v) is 3.97. The van der Waals surface area contributed by atoms with E-state index in [0.717, 1.165) is 4.90 Å². The molecule has 0 saturated heterocycles. The highest BCUT2D eigenvalue weighted by Crippen LogP contribution is 2.24. The van der Waals surface area contributed by atoms with Gasteiger partial charge in [-0.3, -0.25) is 0 Å². The second-order valence-corrected chi connectivity index (χ2v) is 6.99. The number of para-hydroxylation sites is 1. The third-order valence-corrected chi connectivity index (χ3v) is 4.87. The SMILES string of the molecule is CC(C)NS(=O)(=O)CCSc1ccccc1N. The Labute approximate surface area is 107 Å². The summed E-state index contributed by atoms with van der Waals surface area (Å²) in [6.07, 6.45) is 0. The van der Waals surface area contributed by atoms with Gasteiger partial charge in [0.25, 0.3) is 0 Å². The van der Waals surface area contributed by atoms with Crippen molar-refractivity contribution >= 4 is 27.5 Å². The van der Waals surface area contributed by atoms with Crippen LogP contribution in [-0.2, 0) is 10.0 Å². The Bertz CT molecular complexity index is 458. The molecular formula is C11H18N2O2S2. The van der Waals surface area contributed by atoms with Gasteiger partial charge in [-0.15, -0.1) is 11.8 Å². The van der Waals surface area contributed by atoms with Crippen molar-refractivity contribution in [3.63, 3.8) is 0 Å². The lowest BCUT2D eigenvalue weighted by molar-refractivity contribution is 0.571. The lowest BCUT2D eigenvalue weighted by atomic mass is 10.3. The topological polar surface area (TPSA) is 72.2 Å². The Morgan fingerprint density at radius 1 is 1.35 bits per heavy atom. The fraction of sp³-hybridized carbons (Fsp3) is 0.455. The summed E-state index contributed by atoms with van der Waals surface area (Å²) in [7, 11) is -3.18. The van der Waals surface area contributed by atoms with Gasteiger partial charge < -0.3 is 5.73 Å². The lowest BCUT2D eigenvalue weighted by Crippen LogP contribution is -2.32. The van der Waals surface area contributed by atoms with Crippen LogP contribution in [0.1, 0.15) is 13.8 Å². The maximum Gasteiger partial charge on any atom is 0.212 e. The highest BCUT2D eigenvalue weighted by molar-refractivity contribution is 8.00. The van der Waals surface area contributed by atoms with Crippen LogP contribution in [-0.4, -0.2) is 26.0 Å². The predicted molar refractivity (Wildman–Crippen MR) is 73.6 cm³/mol. The zero-order chi connectivity index (χ0) is 12.9. The molecule has 4 nitrogen and oxygen atoms in total. The van der Waals surface area contributed by atoms with Crippen LogP contribution in [0, 0.1) is 0 Å². The van der Waals surface area contributed by atoms with Gasteiger partial charge in [0.1, 0.15) is 0 Å². The molecule has 0 aliphatic heterocycles. The summed E-state index contributed by atoms with van der Waals surface area (Å²) in [6, 6.07) is 7.38. The van der Waals surface area contributed by atoms with Gasteiger partial charge in [0.15, 0.2) is 0 Å². The molecule has 0 radical (unpaired) electrons. The van der Waals surface area contributed by atoms with E-state index in [1.165, 1.54) is 11.8 Å². The molecule has 0 fully saturated rings. The predicted octanol–water partition coefficient (Wildman–Crippen LogP) is 1.69. The van der Waals surface area contributed by atoms with Crippen molar-refractivity contribution in [1.82, 2.24) is 4.72 Å². The minimum Gasteiger partial charge on any atom is -0.398 e. The molecule has 0 saturated carbocycles. The summed E-state index contributed by atoms with van der Waals surface area (Å²) >= 11 is 1.46. The van der Waals surface area contributed by atoms with Gasteiger partial charge in [-0.2, -0.15) is 0 Å². The van der Waals surface area contributed by atoms with E-state index in [0.29, 0.717) is 11.4 Å². The van der Waals surface area contributed by atoms with Gasteiger partial charge in [-0.05, 0) is 26.0 Å². The van der Waals surface area contributed by atoms with Gasteiger partial charge in [0, 0.05) is 22.4 Å². The molecule has 0 atom stereocenters. The van der Waals surface area contributed by atoms with Crippen LogP contribution >= 0.6 is 11.8 Å². The fourth-order valence-electron chi connectivity index (χ4n) is 1.29. The van der Waals surface area contributed by atoms with Crippen molar-refractivity contribution in [1.29, 1.82) is 0 Å². The van der Waals surface area contributed by atoms with E-state index in [2.05, 4.69) is 4.72 Å². The van der Waals surface area contributed by atoms with Crippen LogP contribution in [0.3, 0.4) is 0 Å². The molecule has 0 bridgehead atoms. The number of thioether (sulfide) groups is 1. The molecule has 0 unspecified atom stereocenters. The molecule has 0 aliphatic rings. The first-order chi connectivity index (χ1) is 7.91. The maximum absolute atomic E-state index is 11.6. The quantitative estimate of drug-likeness (QED) is 0.611. The third-order valence-electron chi connectivity index (χ3n) is 1.94. The van der Waals surface area contributed by atoms with E-state index in [1.807, 2.05) is 24.3 Å². The van der Waals surface area contributed by atoms with Gasteiger partial charge >= 0.3 is 0 Å². The molecule has 0 spiro atoms. The summed E-state index contributed by atoms with van der Waals surface area (Å²) < 4.78 is 25.7. The van der Waals surface area contributed by atoms with Crippen molar-refractivity contribution in [2.45, 2.75) is 24.8 Å². The molecule has 6 heteroatoms. The van der Waals surface area contributed by atoms with Crippen LogP contribution in [0.2, 0.25) is 0 Å². The number of nitrogens with two attached hydrogens (primary N) is 1. The number of hydrogen-bond acceptors (Lipinski definition) is 4. The van der Waals surface area contributed by atoms with Crippen molar-refractivity contribution in [3.05, 3.63) is 24.3 Å². The maximum atomic E-state index is 11.6. The number of nitrogen functional groups attached to an aromatic ring is 1. The summed E-state index contributed by atoms with van der Waals surface area (Å²) in [4.78, 5) is 0.923. The average Bonchev–Trinajstić information content (AvgIpc) is 2.18. The minimum absolute atomic E-state index is 0.0632. The van der Waals surface area contributed by atoms with Crippen molar-refractivity contribution in [2.75, 3.05) is 17.2 Å². The summed E-state index contributed by atoms with van der Waals surface area (Å²) in [6.45, 7) is 3.61. The van der Waals surface area contributed by atoms with Crippen LogP contribution < -0.4 is 10.5 Å². The molecule has 1 aromatic carbocycles. The Morgan fingerprint density at radius 2 is 2.00 bits per heavy atom. The monoisotopic (exact) mass is 274 g/mol. The first-order valence-electron chi connectivity index (χ1n) is 5.38. The first kappa shape index (κ1) is 14.3. The Morgan fingerprint density at radius 3 is 2.59 bits per heavy atom. The Kier molecular flexibility index (Phi) is 5.30. The number of anilines is 1. The van der Waals surface area contributed by atoms with Gasteiger partial charge in [-0.1, -0.05) is 12.1 Å². The largest absolute Gasteiger partial charge is 0.398 e. The standard InChI is InChI=1S/C11H18N2O2S2/c1-9(2)13-17(14,15)8-7-16-11-6-4-3-5-10(11)12/h3-6,9,13H,7-8,12H2,1-2H3. The van der Waals surface area contributed by atoms with Crippen LogP contribution in [0.4, 0.5) is 5.69 Å². The number of nitrogens with one attached hydrogen (secondary N) is 1. The minimum atomic E-state index is -3.18. The molecule has 96 valence electrons. The van der Waals surface area contributed by atoms with E-state index in [1.54, 1.807) is 13.8 Å². The van der Waals surface area contributed by atoms with E-state index in [4.69, 9.17) is 5.73 Å². The molecular weight excluding hydrogens is 256 g/mol. The number of hydrogen-bond donors (Lipinski definition) is 2. The lowest BCUT2D eigenvalue weighted by Gasteiger charge is -2.09. The molecule has 1 rings (SSSR count). The molecule has 1 aromatic rings. The third kappa shape index (κ3) is 5.43. The molecule has 17 heavy (non-hydrogen) atoms. The van der Waals surface area contributed by atoms with Crippen LogP contribution in [0.15, 0.2) is 29.2 Å². The van der Waals surface area contributed by atoms with Gasteiger partial charge in [0.05, 0.1) is 5.75 Å². The van der Waals surface area contributed by atoms with Crippen molar-refractivity contribution in [2.24, 2.45) is 0 Å². The molecule has 0 aliphatic carbocycles. The van der Waals surface area contributed by atoms with Crippen LogP contribution in [0.5, 0.6) is 0 Å². The van der Waals surface area contributed by atoms with Crippen LogP contribution in [0.25, 0.3) is 0 Å². The van der Waals surface area contributed by atoms with E-state index in [9.17, 15) is 8.42 Å². The zero-order valence-corrected chi connectivity index (χ0v) is 11.6. The average molecular weight is 274 g/mol. The van der Waals surface area contributed by atoms with Gasteiger partial charge in [-0.25, -0.2) is 13.1 Å². The number of sulfonamides is 1. The van der Waals surface area contributed by atoms with Gasteiger partial charge in [0.2, 0.25) is 10.0 Å². The highest BCUT2D eigenvalue weighted by Gasteiger charge is 2.11. The summed E-state index contributed by atoms with van der Waals surface area (Å²) in [5.41, 5.74) is 6.45. The molecule has 0 heterocycles. The molecule has 0 aromatic heterocycles. The Balaban J connectivity index is 2.46. The van der Waals surface area contributed by atoms with E-state index in [-0.39, 0.29) is 11.8 Å². The Hall–Kier alpha value is -0.720. The highest BCUT2D eigenvalue weighted by atomic mass is 32.2. The second kappa shape index (κ2) is 6.28. The number of benzene rings is 1.